The molecule has 0 unspecified atom stereocenters. The third-order valence-electron chi connectivity index (χ3n) is 5.48. The summed E-state index contributed by atoms with van der Waals surface area (Å²) in [6, 6.07) is 0. The molecule has 1 saturated heterocycles. The van der Waals surface area contributed by atoms with Crippen molar-refractivity contribution < 1.29 is 22.5 Å². The maximum Gasteiger partial charge on any atom is 0.494 e. The van der Waals surface area contributed by atoms with Crippen molar-refractivity contribution in [2.24, 2.45) is 0 Å². The number of rotatable bonds is 6. The molecule has 4 nitrogen and oxygen atoms in total. The molecule has 2 heterocycles. The Morgan fingerprint density at radius 3 is 2.19 bits per heavy atom. The lowest BCUT2D eigenvalue weighted by Crippen LogP contribution is -2.41. The van der Waals surface area contributed by atoms with Crippen LogP contribution in [0.25, 0.3) is 12.2 Å². The van der Waals surface area contributed by atoms with Gasteiger partial charge in [-0.3, -0.25) is 0 Å². The number of imidazole rings is 1. The molecule has 178 valence electrons. The van der Waals surface area contributed by atoms with E-state index in [1.165, 1.54) is 11.9 Å². The van der Waals surface area contributed by atoms with E-state index in [0.717, 1.165) is 24.4 Å². The van der Waals surface area contributed by atoms with E-state index in [0.29, 0.717) is 10.7 Å². The number of nitrogens with zero attached hydrogens (tertiary/aromatic N) is 1. The van der Waals surface area contributed by atoms with Crippen molar-refractivity contribution in [3.05, 3.63) is 52.9 Å². The first-order chi connectivity index (χ1) is 14.8. The summed E-state index contributed by atoms with van der Waals surface area (Å²) in [6.45, 7) is 18.3. The van der Waals surface area contributed by atoms with Crippen molar-refractivity contribution in [2.45, 2.75) is 85.1 Å². The van der Waals surface area contributed by atoms with Crippen molar-refractivity contribution in [3.63, 3.8) is 0 Å². The highest BCUT2D eigenvalue weighted by Crippen LogP contribution is 2.38. The minimum absolute atomic E-state index is 0.303. The average molecular weight is 452 g/mol. The van der Waals surface area contributed by atoms with E-state index in [-0.39, 0.29) is 18.3 Å². The van der Waals surface area contributed by atoms with E-state index >= 15 is 0 Å². The highest BCUT2D eigenvalue weighted by Gasteiger charge is 2.51. The number of hydrogen-bond acceptors (Lipinski definition) is 3. The van der Waals surface area contributed by atoms with Gasteiger partial charge in [-0.2, -0.15) is 13.2 Å². The minimum Gasteiger partial charge on any atom is -0.399 e. The van der Waals surface area contributed by atoms with Crippen LogP contribution in [-0.2, 0) is 9.31 Å². The molecule has 1 aromatic heterocycles. The van der Waals surface area contributed by atoms with Gasteiger partial charge >= 0.3 is 13.3 Å². The number of nitrogens with one attached hydrogen (secondary N) is 1. The lowest BCUT2D eigenvalue weighted by atomic mass is 9.79. The molecule has 0 amide bonds. The minimum atomic E-state index is -4.16. The molecule has 1 aliphatic heterocycles. The van der Waals surface area contributed by atoms with Crippen LogP contribution in [0.1, 0.15) is 67.7 Å². The van der Waals surface area contributed by atoms with Gasteiger partial charge in [0.05, 0.1) is 34.6 Å². The first-order valence-electron chi connectivity index (χ1n) is 10.9. The summed E-state index contributed by atoms with van der Waals surface area (Å²) < 4.78 is 47.5. The molecule has 0 aromatic carbocycles. The van der Waals surface area contributed by atoms with E-state index < -0.39 is 12.6 Å². The van der Waals surface area contributed by atoms with Crippen molar-refractivity contribution >= 4 is 19.3 Å². The van der Waals surface area contributed by atoms with E-state index in [2.05, 4.69) is 35.6 Å². The number of allylic oxidation sites excluding steroid dienone is 5. The second kappa shape index (κ2) is 11.7. The molecule has 1 fully saturated rings. The van der Waals surface area contributed by atoms with Crippen molar-refractivity contribution in [3.8, 4) is 0 Å². The molecule has 0 saturated carbocycles. The van der Waals surface area contributed by atoms with E-state index in [4.69, 9.17) is 9.31 Å². The zero-order valence-corrected chi connectivity index (χ0v) is 20.3. The predicted molar refractivity (Wildman–Crippen MR) is 126 cm³/mol. The second-order valence-corrected chi connectivity index (χ2v) is 8.55. The lowest BCUT2D eigenvalue weighted by molar-refractivity contribution is -0.122. The van der Waals surface area contributed by atoms with Crippen molar-refractivity contribution in [2.75, 3.05) is 0 Å². The quantitative estimate of drug-likeness (QED) is 0.463. The molecular formula is C24H36BF3N2O2. The van der Waals surface area contributed by atoms with Crippen LogP contribution in [0.15, 0.2) is 42.2 Å². The molecule has 1 N–H and O–H groups in total. The molecule has 32 heavy (non-hydrogen) atoms. The van der Waals surface area contributed by atoms with Gasteiger partial charge in [0.2, 0.25) is 0 Å². The van der Waals surface area contributed by atoms with Crippen LogP contribution in [0.5, 0.6) is 0 Å². The highest BCUT2D eigenvalue weighted by atomic mass is 19.4. The van der Waals surface area contributed by atoms with Gasteiger partial charge in [-0.25, -0.2) is 4.98 Å². The van der Waals surface area contributed by atoms with Gasteiger partial charge < -0.3 is 14.3 Å². The van der Waals surface area contributed by atoms with E-state index in [1.54, 1.807) is 6.08 Å². The van der Waals surface area contributed by atoms with Crippen LogP contribution in [0, 0.1) is 0 Å². The van der Waals surface area contributed by atoms with Crippen molar-refractivity contribution in [1.29, 1.82) is 0 Å². The summed E-state index contributed by atoms with van der Waals surface area (Å²) in [4.78, 5) is 6.57. The van der Waals surface area contributed by atoms with Gasteiger partial charge in [0.1, 0.15) is 0 Å². The number of H-pyrrole nitrogens is 1. The SMILES string of the molecule is C=C(/C=C\C(=C/C)CC)B1OC(C)(C)C(C)(C)O1.CC/C=c1/[nH]cn/c1=C/CC(F)(F)F. The average Bonchev–Trinajstić information content (AvgIpc) is 3.22. The monoisotopic (exact) mass is 452 g/mol. The van der Waals surface area contributed by atoms with Crippen LogP contribution < -0.4 is 10.7 Å². The molecule has 8 heteroatoms. The van der Waals surface area contributed by atoms with Gasteiger partial charge in [-0.1, -0.05) is 50.3 Å². The number of aromatic amines is 1. The standard InChI is InChI=1S/C15H25BO2.C9H11F3N2/c1-8-13(9-2)11-10-12(3)16-17-14(4,5)15(6,7)18-16;1-2-3-7-8(14-6-13-7)4-5-9(10,11)12/h8,10-11H,3,9H2,1-2,4-7H3;3-4,6H,2,5H2,1H3,(H,13,14)/b11-10-,13-8-;7-3+,8-4+. The molecule has 0 bridgehead atoms. The third kappa shape index (κ3) is 8.47. The molecular weight excluding hydrogens is 416 g/mol. The highest BCUT2D eigenvalue weighted by molar-refractivity contribution is 6.55. The summed E-state index contributed by atoms with van der Waals surface area (Å²) in [5, 5.41) is 1.01. The summed E-state index contributed by atoms with van der Waals surface area (Å²) in [5.74, 6) is 0. The van der Waals surface area contributed by atoms with Gasteiger partial charge in [0.25, 0.3) is 0 Å². The Bertz CT molecular complexity index is 912. The second-order valence-electron chi connectivity index (χ2n) is 8.55. The van der Waals surface area contributed by atoms with Crippen LogP contribution in [-0.4, -0.2) is 34.5 Å². The Balaban J connectivity index is 0.000000330. The zero-order valence-electron chi connectivity index (χ0n) is 20.3. The van der Waals surface area contributed by atoms with Crippen LogP contribution in [0.3, 0.4) is 0 Å². The normalized spacial score (nSPS) is 19.4. The molecule has 0 spiro atoms. The molecule has 1 aliphatic rings. The van der Waals surface area contributed by atoms with E-state index in [1.807, 2.05) is 47.6 Å². The molecule has 0 radical (unpaired) electrons. The number of aromatic nitrogens is 2. The molecule has 2 rings (SSSR count). The fourth-order valence-corrected chi connectivity index (χ4v) is 2.76. The Morgan fingerprint density at radius 2 is 1.72 bits per heavy atom. The Morgan fingerprint density at radius 1 is 1.12 bits per heavy atom. The smallest absolute Gasteiger partial charge is 0.399 e. The fourth-order valence-electron chi connectivity index (χ4n) is 2.76. The van der Waals surface area contributed by atoms with Gasteiger partial charge in [-0.15, -0.1) is 0 Å². The van der Waals surface area contributed by atoms with Gasteiger partial charge in [-0.05, 0) is 59.0 Å². The maximum atomic E-state index is 11.9. The Kier molecular flexibility index (Phi) is 10.2. The van der Waals surface area contributed by atoms with Crippen LogP contribution >= 0.6 is 0 Å². The predicted octanol–water partition coefficient (Wildman–Crippen LogP) is 5.42. The number of hydrogen-bond donors (Lipinski definition) is 1. The van der Waals surface area contributed by atoms with Crippen molar-refractivity contribution in [1.82, 2.24) is 9.97 Å². The molecule has 0 atom stereocenters. The summed E-state index contributed by atoms with van der Waals surface area (Å²) in [6.07, 6.45) is 7.11. The first kappa shape index (κ1) is 28.0. The fraction of sp³-hybridized carbons (Fsp3) is 0.542. The summed E-state index contributed by atoms with van der Waals surface area (Å²) in [5.41, 5.74) is 1.54. The van der Waals surface area contributed by atoms with Gasteiger partial charge in [0, 0.05) is 0 Å². The maximum absolute atomic E-state index is 11.9. The van der Waals surface area contributed by atoms with E-state index in [9.17, 15) is 13.2 Å². The summed E-state index contributed by atoms with van der Waals surface area (Å²) in [7, 11) is -0.346. The summed E-state index contributed by atoms with van der Waals surface area (Å²) >= 11 is 0. The first-order valence-corrected chi connectivity index (χ1v) is 10.9. The van der Waals surface area contributed by atoms with Gasteiger partial charge in [0.15, 0.2) is 0 Å². The Labute approximate surface area is 190 Å². The number of alkyl halides is 3. The molecule has 0 aliphatic carbocycles. The number of halogens is 3. The zero-order chi connectivity index (χ0) is 24.6. The van der Waals surface area contributed by atoms with Crippen LogP contribution in [0.4, 0.5) is 13.2 Å². The third-order valence-corrected chi connectivity index (χ3v) is 5.48. The Hall–Kier alpha value is -2.06. The van der Waals surface area contributed by atoms with Crippen LogP contribution in [0.2, 0.25) is 0 Å². The molecule has 1 aromatic rings. The largest absolute Gasteiger partial charge is 0.494 e. The lowest BCUT2D eigenvalue weighted by Gasteiger charge is -2.32. The topological polar surface area (TPSA) is 47.1 Å².